The summed E-state index contributed by atoms with van der Waals surface area (Å²) in [6.07, 6.45) is 3.34. The van der Waals surface area contributed by atoms with Gasteiger partial charge in [-0.1, -0.05) is 60.1 Å². The second-order valence-electron chi connectivity index (χ2n) is 4.69. The van der Waals surface area contributed by atoms with E-state index in [4.69, 9.17) is 11.6 Å². The third-order valence-corrected chi connectivity index (χ3v) is 3.56. The quantitative estimate of drug-likeness (QED) is 0.749. The average Bonchev–Trinajstić information content (AvgIpc) is 2.52. The maximum absolute atomic E-state index is 12.3. The lowest BCUT2D eigenvalue weighted by atomic mass is 10.2. The smallest absolute Gasteiger partial charge is 0.246 e. The number of nitrogens with zero attached hydrogens (tertiary/aromatic N) is 1. The lowest BCUT2D eigenvalue weighted by Gasteiger charge is -2.19. The van der Waals surface area contributed by atoms with Crippen molar-refractivity contribution in [2.24, 2.45) is 0 Å². The van der Waals surface area contributed by atoms with E-state index < -0.39 is 0 Å². The average molecular weight is 300 g/mol. The predicted octanol–water partition coefficient (Wildman–Crippen LogP) is 4.40. The lowest BCUT2D eigenvalue weighted by molar-refractivity contribution is -0.126. The summed E-state index contributed by atoms with van der Waals surface area (Å²) in [4.78, 5) is 14.1. The summed E-state index contributed by atoms with van der Waals surface area (Å²) in [5, 5.41) is 0.646. The van der Waals surface area contributed by atoms with Gasteiger partial charge in [-0.3, -0.25) is 4.79 Å². The van der Waals surface area contributed by atoms with Crippen LogP contribution in [0.4, 0.5) is 0 Å². The Morgan fingerprint density at radius 3 is 2.43 bits per heavy atom. The summed E-state index contributed by atoms with van der Waals surface area (Å²) in [7, 11) is 0. The molecular formula is C18H18ClNO. The molecule has 0 unspecified atom stereocenters. The van der Waals surface area contributed by atoms with Gasteiger partial charge in [0, 0.05) is 24.2 Å². The van der Waals surface area contributed by atoms with Crippen LogP contribution in [0.25, 0.3) is 6.08 Å². The molecule has 0 radical (unpaired) electrons. The zero-order valence-electron chi connectivity index (χ0n) is 12.0. The summed E-state index contributed by atoms with van der Waals surface area (Å²) in [5.74, 6) is -0.0127. The lowest BCUT2D eigenvalue weighted by Crippen LogP contribution is -2.28. The summed E-state index contributed by atoms with van der Waals surface area (Å²) in [6.45, 7) is 3.26. The molecule has 0 saturated heterocycles. The van der Waals surface area contributed by atoms with Gasteiger partial charge in [-0.25, -0.2) is 0 Å². The van der Waals surface area contributed by atoms with Crippen LogP contribution in [-0.2, 0) is 11.3 Å². The topological polar surface area (TPSA) is 20.3 Å². The van der Waals surface area contributed by atoms with Crippen LogP contribution in [0.15, 0.2) is 60.7 Å². The Balaban J connectivity index is 2.05. The van der Waals surface area contributed by atoms with E-state index in [0.29, 0.717) is 18.1 Å². The maximum atomic E-state index is 12.3. The number of carbonyl (C=O) groups is 1. The largest absolute Gasteiger partial charge is 0.335 e. The number of amides is 1. The molecule has 21 heavy (non-hydrogen) atoms. The molecule has 0 aliphatic rings. The van der Waals surface area contributed by atoms with Crippen LogP contribution >= 0.6 is 11.6 Å². The van der Waals surface area contributed by atoms with Crippen molar-refractivity contribution in [1.29, 1.82) is 0 Å². The number of halogens is 1. The Kier molecular flexibility index (Phi) is 5.59. The van der Waals surface area contributed by atoms with Crippen molar-refractivity contribution in [2.45, 2.75) is 13.5 Å². The first-order valence-corrected chi connectivity index (χ1v) is 7.34. The van der Waals surface area contributed by atoms with Crippen LogP contribution in [0.1, 0.15) is 18.1 Å². The zero-order chi connectivity index (χ0) is 15.1. The number of hydrogen-bond acceptors (Lipinski definition) is 1. The van der Waals surface area contributed by atoms with Gasteiger partial charge in [0.15, 0.2) is 0 Å². The van der Waals surface area contributed by atoms with Gasteiger partial charge < -0.3 is 4.90 Å². The monoisotopic (exact) mass is 299 g/mol. The highest BCUT2D eigenvalue weighted by atomic mass is 35.5. The molecule has 1 amide bonds. The molecular weight excluding hydrogens is 282 g/mol. The van der Waals surface area contributed by atoms with Gasteiger partial charge in [0.25, 0.3) is 0 Å². The molecule has 108 valence electrons. The summed E-state index contributed by atoms with van der Waals surface area (Å²) < 4.78 is 0. The Morgan fingerprint density at radius 2 is 1.76 bits per heavy atom. The van der Waals surface area contributed by atoms with Crippen LogP contribution in [-0.4, -0.2) is 17.4 Å². The molecule has 0 N–H and O–H groups in total. The first kappa shape index (κ1) is 15.3. The van der Waals surface area contributed by atoms with Crippen molar-refractivity contribution in [3.63, 3.8) is 0 Å². The van der Waals surface area contributed by atoms with E-state index in [1.807, 2.05) is 61.5 Å². The highest BCUT2D eigenvalue weighted by Gasteiger charge is 2.08. The Hall–Kier alpha value is -2.06. The van der Waals surface area contributed by atoms with Crippen LogP contribution in [0, 0.1) is 0 Å². The molecule has 2 nitrogen and oxygen atoms in total. The van der Waals surface area contributed by atoms with Gasteiger partial charge in [-0.2, -0.15) is 0 Å². The SMILES string of the molecule is CCN(Cc1ccccc1)C(=O)/C=C/c1ccccc1Cl. The predicted molar refractivity (Wildman–Crippen MR) is 88.0 cm³/mol. The molecule has 0 aliphatic carbocycles. The van der Waals surface area contributed by atoms with Gasteiger partial charge in [-0.05, 0) is 30.2 Å². The van der Waals surface area contributed by atoms with E-state index in [1.54, 1.807) is 17.1 Å². The van der Waals surface area contributed by atoms with E-state index in [1.165, 1.54) is 0 Å². The first-order chi connectivity index (χ1) is 10.2. The first-order valence-electron chi connectivity index (χ1n) is 6.96. The van der Waals surface area contributed by atoms with E-state index in [-0.39, 0.29) is 5.91 Å². The summed E-state index contributed by atoms with van der Waals surface area (Å²) in [6, 6.07) is 17.4. The molecule has 0 spiro atoms. The van der Waals surface area contributed by atoms with Crippen LogP contribution in [0.2, 0.25) is 5.02 Å². The minimum atomic E-state index is -0.0127. The number of carbonyl (C=O) groups excluding carboxylic acids is 1. The molecule has 2 rings (SSSR count). The molecule has 0 aliphatic heterocycles. The van der Waals surface area contributed by atoms with Crippen molar-refractivity contribution in [3.05, 3.63) is 76.8 Å². The van der Waals surface area contributed by atoms with Crippen molar-refractivity contribution in [1.82, 2.24) is 4.90 Å². The Labute approximate surface area is 130 Å². The van der Waals surface area contributed by atoms with Crippen molar-refractivity contribution < 1.29 is 4.79 Å². The number of benzene rings is 2. The van der Waals surface area contributed by atoms with Crippen molar-refractivity contribution in [3.8, 4) is 0 Å². The molecule has 3 heteroatoms. The fourth-order valence-electron chi connectivity index (χ4n) is 2.03. The molecule has 0 heterocycles. The Bertz CT molecular complexity index is 622. The van der Waals surface area contributed by atoms with Gasteiger partial charge >= 0.3 is 0 Å². The highest BCUT2D eigenvalue weighted by molar-refractivity contribution is 6.32. The van der Waals surface area contributed by atoms with Gasteiger partial charge in [0.1, 0.15) is 0 Å². The van der Waals surface area contributed by atoms with Crippen molar-refractivity contribution in [2.75, 3.05) is 6.54 Å². The molecule has 0 fully saturated rings. The Morgan fingerprint density at radius 1 is 1.10 bits per heavy atom. The highest BCUT2D eigenvalue weighted by Crippen LogP contribution is 2.16. The van der Waals surface area contributed by atoms with Gasteiger partial charge in [0.05, 0.1) is 0 Å². The molecule has 0 bridgehead atoms. The second-order valence-corrected chi connectivity index (χ2v) is 5.10. The molecule has 0 aromatic heterocycles. The van der Waals surface area contributed by atoms with Crippen molar-refractivity contribution >= 4 is 23.6 Å². The summed E-state index contributed by atoms with van der Waals surface area (Å²) >= 11 is 6.07. The van der Waals surface area contributed by atoms with E-state index in [9.17, 15) is 4.79 Å². The molecule has 0 atom stereocenters. The van der Waals surface area contributed by atoms with Crippen LogP contribution < -0.4 is 0 Å². The fraction of sp³-hybridized carbons (Fsp3) is 0.167. The van der Waals surface area contributed by atoms with E-state index in [0.717, 1.165) is 11.1 Å². The van der Waals surface area contributed by atoms with Gasteiger partial charge in [0.2, 0.25) is 5.91 Å². The minimum Gasteiger partial charge on any atom is -0.335 e. The molecule has 2 aromatic carbocycles. The molecule has 0 saturated carbocycles. The van der Waals surface area contributed by atoms with Crippen LogP contribution in [0.5, 0.6) is 0 Å². The van der Waals surface area contributed by atoms with Crippen LogP contribution in [0.3, 0.4) is 0 Å². The molecule has 2 aromatic rings. The maximum Gasteiger partial charge on any atom is 0.246 e. The number of likely N-dealkylation sites (N-methyl/N-ethyl adjacent to an activating group) is 1. The van der Waals surface area contributed by atoms with E-state index in [2.05, 4.69) is 0 Å². The van der Waals surface area contributed by atoms with E-state index >= 15 is 0 Å². The number of rotatable bonds is 5. The number of hydrogen-bond donors (Lipinski definition) is 0. The second kappa shape index (κ2) is 7.65. The van der Waals surface area contributed by atoms with Gasteiger partial charge in [-0.15, -0.1) is 0 Å². The summed E-state index contributed by atoms with van der Waals surface area (Å²) in [5.41, 5.74) is 1.97. The minimum absolute atomic E-state index is 0.0127. The third kappa shape index (κ3) is 4.47. The third-order valence-electron chi connectivity index (χ3n) is 3.22. The standard InChI is InChI=1S/C18H18ClNO/c1-2-20(14-15-8-4-3-5-9-15)18(21)13-12-16-10-6-7-11-17(16)19/h3-13H,2,14H2,1H3/b13-12+. The normalized spacial score (nSPS) is 10.8. The zero-order valence-corrected chi connectivity index (χ0v) is 12.8. The fourth-order valence-corrected chi connectivity index (χ4v) is 2.22.